The summed E-state index contributed by atoms with van der Waals surface area (Å²) in [6.45, 7) is 6.73. The third-order valence-corrected chi connectivity index (χ3v) is 3.35. The predicted octanol–water partition coefficient (Wildman–Crippen LogP) is 2.61. The van der Waals surface area contributed by atoms with Crippen LogP contribution in [0.2, 0.25) is 0 Å². The number of hydrogen-bond donors (Lipinski definition) is 1. The molecule has 1 unspecified atom stereocenters. The minimum absolute atomic E-state index is 0.531. The van der Waals surface area contributed by atoms with Crippen molar-refractivity contribution in [3.63, 3.8) is 0 Å². The number of hydrogen-bond acceptors (Lipinski definition) is 3. The van der Waals surface area contributed by atoms with Crippen LogP contribution in [0, 0.1) is 0 Å². The number of likely N-dealkylation sites (N-methyl/N-ethyl adjacent to an activating group) is 1. The van der Waals surface area contributed by atoms with Crippen molar-refractivity contribution in [1.82, 2.24) is 9.88 Å². The molecule has 3 nitrogen and oxygen atoms in total. The average molecular weight is 244 g/mol. The smallest absolute Gasteiger partial charge is 0.109 e. The molecule has 1 heterocycles. The van der Waals surface area contributed by atoms with E-state index in [9.17, 15) is 5.11 Å². The topological polar surface area (TPSA) is 36.4 Å². The number of aromatic nitrogens is 1. The van der Waals surface area contributed by atoms with Gasteiger partial charge >= 0.3 is 0 Å². The van der Waals surface area contributed by atoms with Crippen LogP contribution in [0.1, 0.15) is 25.6 Å². The average Bonchev–Trinajstić information content (AvgIpc) is 2.43. The fourth-order valence-corrected chi connectivity index (χ4v) is 2.22. The lowest BCUT2D eigenvalue weighted by Crippen LogP contribution is -2.28. The predicted molar refractivity (Wildman–Crippen MR) is 74.5 cm³/mol. The molecule has 0 amide bonds. The Morgan fingerprint density at radius 3 is 2.61 bits per heavy atom. The van der Waals surface area contributed by atoms with Gasteiger partial charge in [-0.05, 0) is 24.5 Å². The van der Waals surface area contributed by atoms with E-state index < -0.39 is 6.10 Å². The first-order valence-corrected chi connectivity index (χ1v) is 6.50. The highest BCUT2D eigenvalue weighted by Crippen LogP contribution is 2.22. The van der Waals surface area contributed by atoms with Crippen LogP contribution in [-0.2, 0) is 0 Å². The molecule has 1 aromatic carbocycles. The van der Waals surface area contributed by atoms with Crippen molar-refractivity contribution in [2.24, 2.45) is 0 Å². The Balaban J connectivity index is 2.30. The molecule has 0 aliphatic heterocycles. The van der Waals surface area contributed by atoms with Gasteiger partial charge < -0.3 is 10.0 Å². The van der Waals surface area contributed by atoms with E-state index in [4.69, 9.17) is 0 Å². The Morgan fingerprint density at radius 1 is 1.17 bits per heavy atom. The summed E-state index contributed by atoms with van der Waals surface area (Å²) in [6.07, 6.45) is 1.24. The highest BCUT2D eigenvalue weighted by Gasteiger charge is 2.15. The molecule has 0 spiro atoms. The van der Waals surface area contributed by atoms with Crippen LogP contribution in [0.25, 0.3) is 10.8 Å². The van der Waals surface area contributed by atoms with Gasteiger partial charge in [0.25, 0.3) is 0 Å². The second-order valence-corrected chi connectivity index (χ2v) is 4.42. The summed E-state index contributed by atoms with van der Waals surface area (Å²) in [7, 11) is 0. The Hall–Kier alpha value is -1.45. The molecular formula is C15H20N2O. The number of aliphatic hydroxyl groups excluding tert-OH is 1. The number of fused-ring (bicyclic) bond motifs is 1. The SMILES string of the molecule is CCN(CC)CC(O)c1nccc2ccccc12. The third-order valence-electron chi connectivity index (χ3n) is 3.35. The Kier molecular flexibility index (Phi) is 4.28. The van der Waals surface area contributed by atoms with Gasteiger partial charge in [-0.25, -0.2) is 0 Å². The van der Waals surface area contributed by atoms with Crippen LogP contribution in [0.3, 0.4) is 0 Å². The van der Waals surface area contributed by atoms with Gasteiger partial charge in [-0.1, -0.05) is 38.1 Å². The first kappa shape index (κ1) is 13.0. The van der Waals surface area contributed by atoms with Crippen LogP contribution in [-0.4, -0.2) is 34.6 Å². The maximum Gasteiger partial charge on any atom is 0.109 e. The van der Waals surface area contributed by atoms with E-state index in [-0.39, 0.29) is 0 Å². The van der Waals surface area contributed by atoms with E-state index >= 15 is 0 Å². The number of aliphatic hydroxyl groups is 1. The van der Waals surface area contributed by atoms with Gasteiger partial charge in [0.1, 0.15) is 6.10 Å². The lowest BCUT2D eigenvalue weighted by atomic mass is 10.1. The summed E-state index contributed by atoms with van der Waals surface area (Å²) in [4.78, 5) is 6.55. The van der Waals surface area contributed by atoms with Crippen molar-refractivity contribution in [3.05, 3.63) is 42.2 Å². The second-order valence-electron chi connectivity index (χ2n) is 4.42. The molecule has 3 heteroatoms. The van der Waals surface area contributed by atoms with E-state index in [2.05, 4.69) is 23.7 Å². The first-order valence-electron chi connectivity index (χ1n) is 6.50. The minimum atomic E-state index is -0.531. The van der Waals surface area contributed by atoms with Crippen LogP contribution < -0.4 is 0 Å². The Labute approximate surface area is 108 Å². The van der Waals surface area contributed by atoms with E-state index in [0.717, 1.165) is 29.6 Å². The lowest BCUT2D eigenvalue weighted by molar-refractivity contribution is 0.117. The quantitative estimate of drug-likeness (QED) is 0.878. The molecular weight excluding hydrogens is 224 g/mol. The largest absolute Gasteiger partial charge is 0.385 e. The summed E-state index contributed by atoms with van der Waals surface area (Å²) >= 11 is 0. The molecule has 0 aliphatic carbocycles. The fraction of sp³-hybridized carbons (Fsp3) is 0.400. The molecule has 0 bridgehead atoms. The van der Waals surface area contributed by atoms with Gasteiger partial charge in [0.2, 0.25) is 0 Å². The van der Waals surface area contributed by atoms with Crippen molar-refractivity contribution in [2.45, 2.75) is 20.0 Å². The van der Waals surface area contributed by atoms with Crippen LogP contribution in [0.4, 0.5) is 0 Å². The standard InChI is InChI=1S/C15H20N2O/c1-3-17(4-2)11-14(18)15-13-8-6-5-7-12(13)9-10-16-15/h5-10,14,18H,3-4,11H2,1-2H3. The highest BCUT2D eigenvalue weighted by molar-refractivity contribution is 5.84. The van der Waals surface area contributed by atoms with Crippen LogP contribution in [0.15, 0.2) is 36.5 Å². The van der Waals surface area contributed by atoms with Crippen molar-refractivity contribution < 1.29 is 5.11 Å². The summed E-state index contributed by atoms with van der Waals surface area (Å²) in [5.41, 5.74) is 0.778. The Bertz CT molecular complexity index is 503. The van der Waals surface area contributed by atoms with E-state index in [1.165, 1.54) is 0 Å². The van der Waals surface area contributed by atoms with E-state index in [1.807, 2.05) is 30.3 Å². The van der Waals surface area contributed by atoms with Crippen molar-refractivity contribution in [1.29, 1.82) is 0 Å². The maximum absolute atomic E-state index is 10.3. The number of rotatable bonds is 5. The zero-order chi connectivity index (χ0) is 13.0. The molecule has 1 N–H and O–H groups in total. The van der Waals surface area contributed by atoms with Gasteiger partial charge in [-0.15, -0.1) is 0 Å². The molecule has 0 aliphatic rings. The summed E-state index contributed by atoms with van der Waals surface area (Å²) in [5.74, 6) is 0. The molecule has 18 heavy (non-hydrogen) atoms. The number of pyridine rings is 1. The van der Waals surface area contributed by atoms with Crippen molar-refractivity contribution >= 4 is 10.8 Å². The van der Waals surface area contributed by atoms with E-state index in [0.29, 0.717) is 6.54 Å². The Morgan fingerprint density at radius 2 is 1.89 bits per heavy atom. The third kappa shape index (κ3) is 2.68. The first-order chi connectivity index (χ1) is 8.76. The van der Waals surface area contributed by atoms with Gasteiger partial charge in [0.15, 0.2) is 0 Å². The summed E-state index contributed by atoms with van der Waals surface area (Å²) in [6, 6.07) is 10.0. The highest BCUT2D eigenvalue weighted by atomic mass is 16.3. The van der Waals surface area contributed by atoms with Crippen molar-refractivity contribution in [2.75, 3.05) is 19.6 Å². The summed E-state index contributed by atoms with van der Waals surface area (Å²) < 4.78 is 0. The van der Waals surface area contributed by atoms with Crippen molar-refractivity contribution in [3.8, 4) is 0 Å². The molecule has 96 valence electrons. The molecule has 2 aromatic rings. The number of benzene rings is 1. The lowest BCUT2D eigenvalue weighted by Gasteiger charge is -2.22. The minimum Gasteiger partial charge on any atom is -0.385 e. The molecule has 0 fully saturated rings. The summed E-state index contributed by atoms with van der Waals surface area (Å²) in [5, 5.41) is 12.5. The number of nitrogens with zero attached hydrogens (tertiary/aromatic N) is 2. The monoisotopic (exact) mass is 244 g/mol. The fourth-order valence-electron chi connectivity index (χ4n) is 2.22. The second kappa shape index (κ2) is 5.94. The normalized spacial score (nSPS) is 13.1. The van der Waals surface area contributed by atoms with Crippen LogP contribution >= 0.6 is 0 Å². The zero-order valence-electron chi connectivity index (χ0n) is 11.0. The van der Waals surface area contributed by atoms with Gasteiger partial charge in [-0.2, -0.15) is 0 Å². The van der Waals surface area contributed by atoms with Gasteiger partial charge in [-0.3, -0.25) is 4.98 Å². The molecule has 1 atom stereocenters. The van der Waals surface area contributed by atoms with Crippen LogP contribution in [0.5, 0.6) is 0 Å². The van der Waals surface area contributed by atoms with Gasteiger partial charge in [0.05, 0.1) is 5.69 Å². The molecule has 1 aromatic heterocycles. The molecule has 0 saturated carbocycles. The van der Waals surface area contributed by atoms with Gasteiger partial charge in [0, 0.05) is 18.1 Å². The molecule has 0 radical (unpaired) electrons. The van der Waals surface area contributed by atoms with E-state index in [1.54, 1.807) is 6.20 Å². The molecule has 0 saturated heterocycles. The molecule has 2 rings (SSSR count). The maximum atomic E-state index is 10.3. The zero-order valence-corrected chi connectivity index (χ0v) is 11.0.